The molecule has 1 saturated heterocycles. The molecule has 2 aromatic carbocycles. The smallest absolute Gasteiger partial charge is 0.411 e. The summed E-state index contributed by atoms with van der Waals surface area (Å²) in [4.78, 5) is 23.7. The van der Waals surface area contributed by atoms with Gasteiger partial charge in [0.25, 0.3) is 0 Å². The summed E-state index contributed by atoms with van der Waals surface area (Å²) in [6.07, 6.45) is 2.38. The number of methoxy groups -OCH3 is 1. The van der Waals surface area contributed by atoms with Gasteiger partial charge >= 0.3 is 6.09 Å². The molecule has 1 fully saturated rings. The summed E-state index contributed by atoms with van der Waals surface area (Å²) >= 11 is 0. The summed E-state index contributed by atoms with van der Waals surface area (Å²) in [6.45, 7) is 1.11. The molecule has 0 spiro atoms. The molecule has 3 rings (SSSR count). The molecular formula is C21H25N3O5S. The van der Waals surface area contributed by atoms with Crippen molar-refractivity contribution in [2.45, 2.75) is 30.6 Å². The van der Waals surface area contributed by atoms with E-state index < -0.39 is 16.1 Å². The number of carbonyl (C=O) groups excluding carboxylic acids is 2. The summed E-state index contributed by atoms with van der Waals surface area (Å²) in [5, 5.41) is 5.30. The molecule has 1 heterocycles. The largest absolute Gasteiger partial charge is 0.453 e. The van der Waals surface area contributed by atoms with Crippen LogP contribution in [-0.2, 0) is 26.0 Å². The topological polar surface area (TPSA) is 105 Å². The summed E-state index contributed by atoms with van der Waals surface area (Å²) in [5.74, 6) is -0.227. The van der Waals surface area contributed by atoms with Gasteiger partial charge in [-0.1, -0.05) is 18.6 Å². The number of amides is 2. The van der Waals surface area contributed by atoms with Crippen molar-refractivity contribution in [2.24, 2.45) is 0 Å². The van der Waals surface area contributed by atoms with E-state index in [9.17, 15) is 18.0 Å². The molecule has 0 atom stereocenters. The third-order valence-corrected chi connectivity index (χ3v) is 6.75. The number of hydrogen-bond donors (Lipinski definition) is 2. The molecule has 0 radical (unpaired) electrons. The van der Waals surface area contributed by atoms with Gasteiger partial charge in [-0.15, -0.1) is 0 Å². The molecule has 160 valence electrons. The Bertz CT molecular complexity index is 982. The Kier molecular flexibility index (Phi) is 7.07. The normalized spacial score (nSPS) is 14.7. The van der Waals surface area contributed by atoms with Crippen LogP contribution in [0.15, 0.2) is 53.4 Å². The van der Waals surface area contributed by atoms with E-state index in [1.165, 1.54) is 11.4 Å². The van der Waals surface area contributed by atoms with E-state index in [1.54, 1.807) is 48.5 Å². The number of nitrogens with zero attached hydrogens (tertiary/aromatic N) is 1. The van der Waals surface area contributed by atoms with Crippen molar-refractivity contribution in [3.63, 3.8) is 0 Å². The number of piperidine rings is 1. The average Bonchev–Trinajstić information content (AvgIpc) is 2.76. The zero-order valence-electron chi connectivity index (χ0n) is 16.8. The highest BCUT2D eigenvalue weighted by atomic mass is 32.2. The number of carbonyl (C=O) groups is 2. The van der Waals surface area contributed by atoms with Crippen LogP contribution in [0.1, 0.15) is 24.8 Å². The van der Waals surface area contributed by atoms with E-state index >= 15 is 0 Å². The van der Waals surface area contributed by atoms with Gasteiger partial charge in [0.1, 0.15) is 0 Å². The van der Waals surface area contributed by atoms with Gasteiger partial charge in [0.15, 0.2) is 0 Å². The van der Waals surface area contributed by atoms with Gasteiger partial charge in [0.05, 0.1) is 18.4 Å². The fourth-order valence-electron chi connectivity index (χ4n) is 3.23. The third kappa shape index (κ3) is 5.58. The molecule has 0 aromatic heterocycles. The predicted molar refractivity (Wildman–Crippen MR) is 114 cm³/mol. The molecule has 0 saturated carbocycles. The van der Waals surface area contributed by atoms with Crippen LogP contribution in [0, 0.1) is 0 Å². The highest BCUT2D eigenvalue weighted by molar-refractivity contribution is 7.89. The zero-order valence-corrected chi connectivity index (χ0v) is 17.6. The van der Waals surface area contributed by atoms with Crippen LogP contribution >= 0.6 is 0 Å². The van der Waals surface area contributed by atoms with Crippen molar-refractivity contribution in [3.8, 4) is 0 Å². The molecule has 9 heteroatoms. The summed E-state index contributed by atoms with van der Waals surface area (Å²) in [5.41, 5.74) is 1.85. The number of hydrogen-bond acceptors (Lipinski definition) is 5. The SMILES string of the molecule is COC(=O)Nc1ccc(NC(=O)Cc2ccc(S(=O)(=O)N3CCCCC3)cc2)cc1. The van der Waals surface area contributed by atoms with E-state index in [0.29, 0.717) is 30.0 Å². The van der Waals surface area contributed by atoms with Crippen molar-refractivity contribution in [1.82, 2.24) is 4.31 Å². The number of rotatable bonds is 6. The number of nitrogens with one attached hydrogen (secondary N) is 2. The molecule has 2 N–H and O–H groups in total. The van der Waals surface area contributed by atoms with Gasteiger partial charge in [0.2, 0.25) is 15.9 Å². The van der Waals surface area contributed by atoms with Crippen LogP contribution < -0.4 is 10.6 Å². The third-order valence-electron chi connectivity index (χ3n) is 4.84. The molecule has 30 heavy (non-hydrogen) atoms. The lowest BCUT2D eigenvalue weighted by atomic mass is 10.1. The Balaban J connectivity index is 1.57. The first-order chi connectivity index (χ1) is 14.4. The van der Waals surface area contributed by atoms with Crippen molar-refractivity contribution in [2.75, 3.05) is 30.8 Å². The van der Waals surface area contributed by atoms with E-state index in [4.69, 9.17) is 0 Å². The second-order valence-corrected chi connectivity index (χ2v) is 8.97. The summed E-state index contributed by atoms with van der Waals surface area (Å²) in [6, 6.07) is 13.1. The van der Waals surface area contributed by atoms with E-state index in [1.807, 2.05) is 0 Å². The highest BCUT2D eigenvalue weighted by Crippen LogP contribution is 2.21. The Morgan fingerprint density at radius 2 is 1.47 bits per heavy atom. The van der Waals surface area contributed by atoms with Crippen LogP contribution in [0.3, 0.4) is 0 Å². The van der Waals surface area contributed by atoms with Crippen LogP contribution in [0.2, 0.25) is 0 Å². The van der Waals surface area contributed by atoms with Crippen LogP contribution in [-0.4, -0.2) is 44.9 Å². The summed E-state index contributed by atoms with van der Waals surface area (Å²) < 4.78 is 31.4. The average molecular weight is 432 g/mol. The molecule has 1 aliphatic rings. The number of benzene rings is 2. The fraction of sp³-hybridized carbons (Fsp3) is 0.333. The lowest BCUT2D eigenvalue weighted by Crippen LogP contribution is -2.35. The maximum absolute atomic E-state index is 12.7. The molecule has 0 bridgehead atoms. The summed E-state index contributed by atoms with van der Waals surface area (Å²) in [7, 11) is -2.20. The zero-order chi connectivity index (χ0) is 21.6. The van der Waals surface area contributed by atoms with Gasteiger partial charge in [-0.3, -0.25) is 10.1 Å². The molecule has 8 nitrogen and oxygen atoms in total. The Morgan fingerprint density at radius 3 is 2.03 bits per heavy atom. The predicted octanol–water partition coefficient (Wildman–Crippen LogP) is 3.22. The van der Waals surface area contributed by atoms with Crippen molar-refractivity contribution >= 4 is 33.4 Å². The standard InChI is InChI=1S/C21H25N3O5S/c1-29-21(26)23-18-9-7-17(8-10-18)22-20(25)15-16-5-11-19(12-6-16)30(27,28)24-13-3-2-4-14-24/h5-12H,2-4,13-15H2,1H3,(H,22,25)(H,23,26). The fourth-order valence-corrected chi connectivity index (χ4v) is 4.75. The lowest BCUT2D eigenvalue weighted by molar-refractivity contribution is -0.115. The minimum atomic E-state index is -3.48. The second-order valence-electron chi connectivity index (χ2n) is 7.03. The first kappa shape index (κ1) is 21.8. The lowest BCUT2D eigenvalue weighted by Gasteiger charge is -2.25. The van der Waals surface area contributed by atoms with Crippen LogP contribution in [0.4, 0.5) is 16.2 Å². The monoisotopic (exact) mass is 431 g/mol. The molecule has 0 unspecified atom stereocenters. The number of sulfonamides is 1. The van der Waals surface area contributed by atoms with Crippen molar-refractivity contribution < 1.29 is 22.7 Å². The van der Waals surface area contributed by atoms with E-state index in [-0.39, 0.29) is 17.2 Å². The Hall–Kier alpha value is -2.91. The van der Waals surface area contributed by atoms with Gasteiger partial charge < -0.3 is 10.1 Å². The molecular weight excluding hydrogens is 406 g/mol. The molecule has 2 amide bonds. The first-order valence-electron chi connectivity index (χ1n) is 9.72. The van der Waals surface area contributed by atoms with Gasteiger partial charge in [-0.25, -0.2) is 13.2 Å². The van der Waals surface area contributed by atoms with Gasteiger partial charge in [-0.05, 0) is 54.8 Å². The number of anilines is 2. The molecule has 1 aliphatic heterocycles. The maximum Gasteiger partial charge on any atom is 0.411 e. The van der Waals surface area contributed by atoms with Crippen molar-refractivity contribution in [1.29, 1.82) is 0 Å². The van der Waals surface area contributed by atoms with Crippen LogP contribution in [0.5, 0.6) is 0 Å². The van der Waals surface area contributed by atoms with Gasteiger partial charge in [-0.2, -0.15) is 4.31 Å². The van der Waals surface area contributed by atoms with Crippen molar-refractivity contribution in [3.05, 3.63) is 54.1 Å². The highest BCUT2D eigenvalue weighted by Gasteiger charge is 2.25. The van der Waals surface area contributed by atoms with E-state index in [2.05, 4.69) is 15.4 Å². The first-order valence-corrected chi connectivity index (χ1v) is 11.2. The molecule has 0 aliphatic carbocycles. The molecule has 2 aromatic rings. The minimum absolute atomic E-state index is 0.117. The Morgan fingerprint density at radius 1 is 0.900 bits per heavy atom. The van der Waals surface area contributed by atoms with Gasteiger partial charge in [0, 0.05) is 24.5 Å². The second kappa shape index (κ2) is 9.73. The quantitative estimate of drug-likeness (QED) is 0.731. The minimum Gasteiger partial charge on any atom is -0.453 e. The maximum atomic E-state index is 12.7. The van der Waals surface area contributed by atoms with Crippen LogP contribution in [0.25, 0.3) is 0 Å². The van der Waals surface area contributed by atoms with E-state index in [0.717, 1.165) is 19.3 Å². The number of ether oxygens (including phenoxy) is 1. The Labute approximate surface area is 176 Å².